The maximum atomic E-state index is 10.9. The Bertz CT molecular complexity index is 316. The van der Waals surface area contributed by atoms with E-state index >= 15 is 0 Å². The van der Waals surface area contributed by atoms with Gasteiger partial charge in [-0.15, -0.1) is 0 Å². The van der Waals surface area contributed by atoms with Crippen molar-refractivity contribution in [3.05, 3.63) is 0 Å². The third-order valence-electron chi connectivity index (χ3n) is 1.46. The van der Waals surface area contributed by atoms with Gasteiger partial charge in [0.15, 0.2) is 0 Å². The Hall–Kier alpha value is -0.660. The highest BCUT2D eigenvalue weighted by molar-refractivity contribution is 7.86. The van der Waals surface area contributed by atoms with Gasteiger partial charge >= 0.3 is 0 Å². The van der Waals surface area contributed by atoms with E-state index in [1.165, 1.54) is 0 Å². The van der Waals surface area contributed by atoms with Crippen LogP contribution in [0, 0.1) is 0 Å². The number of hydrogen-bond acceptors (Lipinski definition) is 5. The van der Waals surface area contributed by atoms with Crippen LogP contribution in [0.4, 0.5) is 0 Å². The predicted molar refractivity (Wildman–Crippen MR) is 52.2 cm³/mol. The van der Waals surface area contributed by atoms with Crippen molar-refractivity contribution in [3.8, 4) is 0 Å². The highest BCUT2D eigenvalue weighted by atomic mass is 32.2. The number of carboxylic acids is 1. The van der Waals surface area contributed by atoms with Gasteiger partial charge in [-0.2, -0.15) is 8.42 Å². The minimum atomic E-state index is -3.64. The fourth-order valence-corrected chi connectivity index (χ4v) is 1.80. The number of carbonyl (C=O) groups excluding carboxylic acids is 1. The second-order valence-corrected chi connectivity index (χ2v) is 6.07. The van der Waals surface area contributed by atoms with Crippen LogP contribution in [0.5, 0.6) is 0 Å². The van der Waals surface area contributed by atoms with Crippen LogP contribution in [-0.4, -0.2) is 58.9 Å². The molecule has 7 heteroatoms. The number of quaternary nitrogens is 1. The summed E-state index contributed by atoms with van der Waals surface area (Å²) in [5.74, 6) is -1.32. The Morgan fingerprint density at radius 2 is 1.87 bits per heavy atom. The average molecular weight is 239 g/mol. The van der Waals surface area contributed by atoms with E-state index in [1.54, 1.807) is 0 Å². The maximum Gasteiger partial charge on any atom is 0.264 e. The summed E-state index contributed by atoms with van der Waals surface area (Å²) in [6, 6.07) is 0. The van der Waals surface area contributed by atoms with Gasteiger partial charge in [0.05, 0.1) is 27.4 Å². The Morgan fingerprint density at radius 1 is 1.40 bits per heavy atom. The van der Waals surface area contributed by atoms with Crippen LogP contribution in [-0.2, 0) is 19.1 Å². The number of hydrogen-bond donors (Lipinski definition) is 0. The lowest BCUT2D eigenvalue weighted by Crippen LogP contribution is -2.45. The van der Waals surface area contributed by atoms with Crippen LogP contribution in [0.25, 0.3) is 0 Å². The molecular weight excluding hydrogens is 222 g/mol. The number of aliphatic carboxylic acids is 1. The first-order valence-corrected chi connectivity index (χ1v) is 6.20. The van der Waals surface area contributed by atoms with Crippen molar-refractivity contribution in [3.63, 3.8) is 0 Å². The zero-order chi connectivity index (χ0) is 12.3. The van der Waals surface area contributed by atoms with Gasteiger partial charge in [0.25, 0.3) is 10.1 Å². The van der Waals surface area contributed by atoms with Gasteiger partial charge in [-0.1, -0.05) is 0 Å². The fraction of sp³-hybridized carbons (Fsp3) is 0.875. The number of carboxylic acid groups (broad SMARTS) is 1. The first kappa shape index (κ1) is 14.3. The molecule has 0 aliphatic rings. The Kier molecular flexibility index (Phi) is 4.69. The molecule has 0 aliphatic carbocycles. The van der Waals surface area contributed by atoms with E-state index in [2.05, 4.69) is 4.18 Å². The maximum absolute atomic E-state index is 10.9. The summed E-state index contributed by atoms with van der Waals surface area (Å²) in [5, 5.41) is 10.4. The van der Waals surface area contributed by atoms with Crippen LogP contribution in [0.2, 0.25) is 0 Å². The van der Waals surface area contributed by atoms with Crippen molar-refractivity contribution in [1.82, 2.24) is 0 Å². The lowest BCUT2D eigenvalue weighted by atomic mass is 10.2. The molecule has 0 aromatic rings. The molecule has 0 spiro atoms. The van der Waals surface area contributed by atoms with Crippen molar-refractivity contribution >= 4 is 16.1 Å². The van der Waals surface area contributed by atoms with Crippen molar-refractivity contribution in [1.29, 1.82) is 0 Å². The summed E-state index contributed by atoms with van der Waals surface area (Å²) in [6.45, 7) is 0.279. The summed E-state index contributed by atoms with van der Waals surface area (Å²) >= 11 is 0. The molecule has 0 aromatic carbocycles. The molecule has 0 rings (SSSR count). The minimum Gasteiger partial charge on any atom is -0.550 e. The standard InChI is InChI=1S/C8H17NO5S/c1-9(2,3)6-7(5-8(10)11)14-15(4,12)13/h7H,5-6H2,1-4H3/t7-/m0/s1. The van der Waals surface area contributed by atoms with Gasteiger partial charge in [0, 0.05) is 12.4 Å². The second kappa shape index (κ2) is 4.91. The molecule has 0 aliphatic heterocycles. The van der Waals surface area contributed by atoms with Crippen LogP contribution in [0.3, 0.4) is 0 Å². The van der Waals surface area contributed by atoms with E-state index in [9.17, 15) is 18.3 Å². The molecule has 6 nitrogen and oxygen atoms in total. The first-order valence-electron chi connectivity index (χ1n) is 4.38. The van der Waals surface area contributed by atoms with Crippen molar-refractivity contribution in [2.24, 2.45) is 0 Å². The molecule has 90 valence electrons. The SMILES string of the molecule is C[N+](C)(C)C[C@H](CC(=O)[O-])OS(C)(=O)=O. The van der Waals surface area contributed by atoms with Gasteiger partial charge in [-0.3, -0.25) is 4.18 Å². The zero-order valence-corrected chi connectivity index (χ0v) is 10.2. The van der Waals surface area contributed by atoms with Crippen LogP contribution in [0.1, 0.15) is 6.42 Å². The molecule has 0 unspecified atom stereocenters. The molecule has 0 aromatic heterocycles. The molecule has 15 heavy (non-hydrogen) atoms. The van der Waals surface area contributed by atoms with Crippen molar-refractivity contribution in [2.45, 2.75) is 12.5 Å². The molecule has 0 fully saturated rings. The molecule has 0 amide bonds. The molecule has 0 radical (unpaired) electrons. The van der Waals surface area contributed by atoms with E-state index < -0.39 is 28.6 Å². The molecule has 0 bridgehead atoms. The highest BCUT2D eigenvalue weighted by Crippen LogP contribution is 2.07. The lowest BCUT2D eigenvalue weighted by molar-refractivity contribution is -0.873. The van der Waals surface area contributed by atoms with Gasteiger partial charge in [-0.05, 0) is 0 Å². The first-order chi connectivity index (χ1) is 6.49. The van der Waals surface area contributed by atoms with Gasteiger partial charge in [-0.25, -0.2) is 0 Å². The Balaban J connectivity index is 4.53. The number of carbonyl (C=O) groups is 1. The molecular formula is C8H17NO5S. The van der Waals surface area contributed by atoms with E-state index in [-0.39, 0.29) is 6.54 Å². The summed E-state index contributed by atoms with van der Waals surface area (Å²) in [7, 11) is 1.80. The number of nitrogens with zero attached hydrogens (tertiary/aromatic N) is 1. The van der Waals surface area contributed by atoms with Crippen molar-refractivity contribution in [2.75, 3.05) is 33.9 Å². The van der Waals surface area contributed by atoms with E-state index in [0.717, 1.165) is 6.26 Å². The van der Waals surface area contributed by atoms with Gasteiger partial charge < -0.3 is 14.4 Å². The quantitative estimate of drug-likeness (QED) is 0.402. The summed E-state index contributed by atoms with van der Waals surface area (Å²) in [6.07, 6.45) is -0.418. The van der Waals surface area contributed by atoms with Crippen molar-refractivity contribution < 1.29 is 27.0 Å². The van der Waals surface area contributed by atoms with Gasteiger partial charge in [0.1, 0.15) is 12.6 Å². The Labute approximate surface area is 90.2 Å². The smallest absolute Gasteiger partial charge is 0.264 e. The van der Waals surface area contributed by atoms with Gasteiger partial charge in [0.2, 0.25) is 0 Å². The van der Waals surface area contributed by atoms with Crippen LogP contribution < -0.4 is 5.11 Å². The molecule has 0 heterocycles. The van der Waals surface area contributed by atoms with E-state index in [0.29, 0.717) is 4.48 Å². The minimum absolute atomic E-state index is 0.279. The largest absolute Gasteiger partial charge is 0.550 e. The topological polar surface area (TPSA) is 83.5 Å². The monoisotopic (exact) mass is 239 g/mol. The average Bonchev–Trinajstić information content (AvgIpc) is 1.73. The zero-order valence-electron chi connectivity index (χ0n) is 9.39. The third kappa shape index (κ3) is 9.64. The lowest BCUT2D eigenvalue weighted by Gasteiger charge is -2.28. The van der Waals surface area contributed by atoms with Crippen LogP contribution >= 0.6 is 0 Å². The van der Waals surface area contributed by atoms with Crippen LogP contribution in [0.15, 0.2) is 0 Å². The highest BCUT2D eigenvalue weighted by Gasteiger charge is 2.22. The normalized spacial score (nSPS) is 14.9. The number of likely N-dealkylation sites (N-methyl/N-ethyl adjacent to an activating group) is 1. The molecule has 0 saturated carbocycles. The fourth-order valence-electron chi connectivity index (χ4n) is 1.17. The number of rotatable bonds is 6. The molecule has 0 saturated heterocycles. The van der Waals surface area contributed by atoms with E-state index in [1.807, 2.05) is 21.1 Å². The van der Waals surface area contributed by atoms with E-state index in [4.69, 9.17) is 0 Å². The molecule has 1 atom stereocenters. The third-order valence-corrected chi connectivity index (χ3v) is 2.08. The summed E-state index contributed by atoms with van der Waals surface area (Å²) in [4.78, 5) is 10.4. The summed E-state index contributed by atoms with van der Waals surface area (Å²) in [5.41, 5.74) is 0. The summed E-state index contributed by atoms with van der Waals surface area (Å²) < 4.78 is 26.8. The Morgan fingerprint density at radius 3 is 2.13 bits per heavy atom. The second-order valence-electron chi connectivity index (χ2n) is 4.47. The molecule has 0 N–H and O–H groups in total. The predicted octanol–water partition coefficient (Wildman–Crippen LogP) is -1.82.